The Balaban J connectivity index is 2.01. The number of aliphatic carboxylic acids is 1. The molecule has 0 atom stereocenters. The lowest BCUT2D eigenvalue weighted by Gasteiger charge is -2.16. The SMILES string of the molecule is Cc1cccc(CN(C)Cc2sccc2/C=C/C(=O)O)n1. The van der Waals surface area contributed by atoms with Crippen molar-refractivity contribution >= 4 is 23.4 Å². The number of pyridine rings is 1. The molecule has 4 nitrogen and oxygen atoms in total. The van der Waals surface area contributed by atoms with Crippen molar-refractivity contribution < 1.29 is 9.90 Å². The molecule has 0 radical (unpaired) electrons. The van der Waals surface area contributed by atoms with Gasteiger partial charge in [0.2, 0.25) is 0 Å². The van der Waals surface area contributed by atoms with Gasteiger partial charge in [-0.1, -0.05) is 6.07 Å². The van der Waals surface area contributed by atoms with E-state index in [1.165, 1.54) is 6.08 Å². The third-order valence-electron chi connectivity index (χ3n) is 2.98. The number of thiophene rings is 1. The molecule has 0 saturated heterocycles. The van der Waals surface area contributed by atoms with Gasteiger partial charge in [0.25, 0.3) is 0 Å². The van der Waals surface area contributed by atoms with Crippen LogP contribution in [0.15, 0.2) is 35.7 Å². The Morgan fingerprint density at radius 2 is 2.19 bits per heavy atom. The van der Waals surface area contributed by atoms with E-state index in [0.29, 0.717) is 0 Å². The van der Waals surface area contributed by atoms with Gasteiger partial charge in [0.1, 0.15) is 0 Å². The Morgan fingerprint density at radius 3 is 2.90 bits per heavy atom. The molecule has 2 heterocycles. The average Bonchev–Trinajstić information content (AvgIpc) is 2.83. The van der Waals surface area contributed by atoms with Gasteiger partial charge in [0.15, 0.2) is 0 Å². The van der Waals surface area contributed by atoms with E-state index in [4.69, 9.17) is 5.11 Å². The van der Waals surface area contributed by atoms with Gasteiger partial charge in [-0.25, -0.2) is 4.79 Å². The van der Waals surface area contributed by atoms with Gasteiger partial charge in [-0.15, -0.1) is 11.3 Å². The summed E-state index contributed by atoms with van der Waals surface area (Å²) in [5.41, 5.74) is 3.02. The normalized spacial score (nSPS) is 11.4. The number of aromatic nitrogens is 1. The third kappa shape index (κ3) is 4.81. The van der Waals surface area contributed by atoms with Crippen molar-refractivity contribution in [2.24, 2.45) is 0 Å². The molecule has 0 aliphatic carbocycles. The number of aryl methyl sites for hydroxylation is 1. The van der Waals surface area contributed by atoms with Crippen LogP contribution in [0.2, 0.25) is 0 Å². The van der Waals surface area contributed by atoms with Crippen LogP contribution in [0.3, 0.4) is 0 Å². The minimum atomic E-state index is -0.926. The largest absolute Gasteiger partial charge is 0.478 e. The molecular weight excluding hydrogens is 284 g/mol. The minimum Gasteiger partial charge on any atom is -0.478 e. The van der Waals surface area contributed by atoms with Crippen LogP contribution < -0.4 is 0 Å². The highest BCUT2D eigenvalue weighted by Gasteiger charge is 2.07. The second-order valence-electron chi connectivity index (χ2n) is 4.91. The monoisotopic (exact) mass is 302 g/mol. The van der Waals surface area contributed by atoms with E-state index in [2.05, 4.69) is 9.88 Å². The summed E-state index contributed by atoms with van der Waals surface area (Å²) in [6, 6.07) is 7.95. The summed E-state index contributed by atoms with van der Waals surface area (Å²) in [6.45, 7) is 3.52. The molecule has 0 amide bonds. The standard InChI is InChI=1S/C16H18N2O2S/c1-12-4-3-5-14(17-12)10-18(2)11-15-13(8-9-21-15)6-7-16(19)20/h3-9H,10-11H2,1-2H3,(H,19,20)/b7-6+. The molecule has 110 valence electrons. The van der Waals surface area contributed by atoms with Crippen LogP contribution in [-0.2, 0) is 17.9 Å². The van der Waals surface area contributed by atoms with Gasteiger partial charge < -0.3 is 5.11 Å². The summed E-state index contributed by atoms with van der Waals surface area (Å²) in [5.74, 6) is -0.926. The van der Waals surface area contributed by atoms with E-state index < -0.39 is 5.97 Å². The topological polar surface area (TPSA) is 53.4 Å². The second-order valence-corrected chi connectivity index (χ2v) is 5.91. The first-order valence-corrected chi connectivity index (χ1v) is 7.51. The van der Waals surface area contributed by atoms with Gasteiger partial charge >= 0.3 is 5.97 Å². The quantitative estimate of drug-likeness (QED) is 0.833. The van der Waals surface area contributed by atoms with Crippen LogP contribution in [0.1, 0.15) is 21.8 Å². The van der Waals surface area contributed by atoms with Crippen molar-refractivity contribution in [2.75, 3.05) is 7.05 Å². The number of hydrogen-bond donors (Lipinski definition) is 1. The molecule has 0 aliphatic heterocycles. The summed E-state index contributed by atoms with van der Waals surface area (Å²) >= 11 is 1.64. The van der Waals surface area contributed by atoms with Crippen molar-refractivity contribution in [2.45, 2.75) is 20.0 Å². The van der Waals surface area contributed by atoms with Gasteiger partial charge in [0.05, 0.1) is 5.69 Å². The summed E-state index contributed by atoms with van der Waals surface area (Å²) in [4.78, 5) is 18.4. The molecule has 21 heavy (non-hydrogen) atoms. The molecule has 2 aromatic rings. The van der Waals surface area contributed by atoms with E-state index >= 15 is 0 Å². The van der Waals surface area contributed by atoms with E-state index in [1.807, 2.05) is 43.6 Å². The molecule has 0 unspecified atom stereocenters. The van der Waals surface area contributed by atoms with Gasteiger partial charge in [0, 0.05) is 29.7 Å². The van der Waals surface area contributed by atoms with Gasteiger partial charge in [-0.3, -0.25) is 9.88 Å². The fourth-order valence-corrected chi connectivity index (χ4v) is 3.00. The summed E-state index contributed by atoms with van der Waals surface area (Å²) in [7, 11) is 2.04. The smallest absolute Gasteiger partial charge is 0.328 e. The summed E-state index contributed by atoms with van der Waals surface area (Å²) in [6.07, 6.45) is 2.82. The van der Waals surface area contributed by atoms with Crippen molar-refractivity contribution in [3.05, 3.63) is 57.6 Å². The molecule has 0 aliphatic rings. The maximum atomic E-state index is 10.6. The zero-order valence-corrected chi connectivity index (χ0v) is 12.9. The Kier molecular flexibility index (Phi) is 5.25. The Labute approximate surface area is 128 Å². The summed E-state index contributed by atoms with van der Waals surface area (Å²) < 4.78 is 0. The highest BCUT2D eigenvalue weighted by Crippen LogP contribution is 2.20. The van der Waals surface area contributed by atoms with E-state index in [1.54, 1.807) is 17.4 Å². The molecule has 2 aromatic heterocycles. The first-order chi connectivity index (χ1) is 10.0. The minimum absolute atomic E-state index is 0.766. The molecule has 2 rings (SSSR count). The molecule has 5 heteroatoms. The number of rotatable bonds is 6. The van der Waals surface area contributed by atoms with Crippen LogP contribution in [0.5, 0.6) is 0 Å². The Hall–Kier alpha value is -1.98. The fraction of sp³-hybridized carbons (Fsp3) is 0.250. The molecule has 0 aromatic carbocycles. The van der Waals surface area contributed by atoms with Crippen molar-refractivity contribution in [1.29, 1.82) is 0 Å². The number of nitrogens with zero attached hydrogens (tertiary/aromatic N) is 2. The number of hydrogen-bond acceptors (Lipinski definition) is 4. The highest BCUT2D eigenvalue weighted by molar-refractivity contribution is 7.10. The van der Waals surface area contributed by atoms with Crippen LogP contribution in [0, 0.1) is 6.92 Å². The van der Waals surface area contributed by atoms with Gasteiger partial charge in [-0.05, 0) is 49.2 Å². The molecule has 0 fully saturated rings. The summed E-state index contributed by atoms with van der Waals surface area (Å²) in [5, 5.41) is 10.7. The predicted octanol–water partition coefficient (Wildman–Crippen LogP) is 3.18. The van der Waals surface area contributed by atoms with Crippen LogP contribution in [0.4, 0.5) is 0 Å². The van der Waals surface area contributed by atoms with Crippen molar-refractivity contribution in [3.63, 3.8) is 0 Å². The number of carboxylic acids is 1. The first-order valence-electron chi connectivity index (χ1n) is 6.63. The molecule has 0 saturated carbocycles. The fourth-order valence-electron chi connectivity index (χ4n) is 2.05. The average molecular weight is 302 g/mol. The van der Waals surface area contributed by atoms with E-state index in [-0.39, 0.29) is 0 Å². The molecule has 0 bridgehead atoms. The Morgan fingerprint density at radius 1 is 1.38 bits per heavy atom. The highest BCUT2D eigenvalue weighted by atomic mass is 32.1. The first kappa shape index (κ1) is 15.4. The van der Waals surface area contributed by atoms with Crippen molar-refractivity contribution in [3.8, 4) is 0 Å². The van der Waals surface area contributed by atoms with Gasteiger partial charge in [-0.2, -0.15) is 0 Å². The molecular formula is C16H18N2O2S. The van der Waals surface area contributed by atoms with Crippen LogP contribution in [0.25, 0.3) is 6.08 Å². The van der Waals surface area contributed by atoms with E-state index in [0.717, 1.165) is 34.9 Å². The maximum Gasteiger partial charge on any atom is 0.328 e. The predicted molar refractivity (Wildman–Crippen MR) is 85.1 cm³/mol. The lowest BCUT2D eigenvalue weighted by molar-refractivity contribution is -0.131. The number of carbonyl (C=O) groups is 1. The maximum absolute atomic E-state index is 10.6. The third-order valence-corrected chi connectivity index (χ3v) is 3.90. The zero-order valence-electron chi connectivity index (χ0n) is 12.1. The molecule has 1 N–H and O–H groups in total. The van der Waals surface area contributed by atoms with E-state index in [9.17, 15) is 4.79 Å². The van der Waals surface area contributed by atoms with Crippen molar-refractivity contribution in [1.82, 2.24) is 9.88 Å². The van der Waals surface area contributed by atoms with Crippen LogP contribution >= 0.6 is 11.3 Å². The zero-order chi connectivity index (χ0) is 15.2. The Bertz CT molecular complexity index is 649. The molecule has 0 spiro atoms. The lowest BCUT2D eigenvalue weighted by atomic mass is 10.2. The number of carboxylic acid groups (broad SMARTS) is 1. The second kappa shape index (κ2) is 7.15. The lowest BCUT2D eigenvalue weighted by Crippen LogP contribution is -2.17. The van der Waals surface area contributed by atoms with Crippen LogP contribution in [-0.4, -0.2) is 28.0 Å².